The lowest BCUT2D eigenvalue weighted by molar-refractivity contribution is 0.0698. The number of rotatable bonds is 4. The minimum atomic E-state index is -1.24. The van der Waals surface area contributed by atoms with E-state index in [1.54, 1.807) is 0 Å². The van der Waals surface area contributed by atoms with Crippen molar-refractivity contribution in [1.29, 1.82) is 0 Å². The first-order valence-electron chi connectivity index (χ1n) is 5.92. The van der Waals surface area contributed by atoms with E-state index in [9.17, 15) is 14.4 Å². The summed E-state index contributed by atoms with van der Waals surface area (Å²) in [5.74, 6) is -1.99. The summed E-state index contributed by atoms with van der Waals surface area (Å²) in [5.41, 5.74) is 0.408. The number of hydrogen-bond acceptors (Lipinski definition) is 3. The molecule has 3 N–H and O–H groups in total. The van der Waals surface area contributed by atoms with Crippen molar-refractivity contribution < 1.29 is 19.5 Å². The molecule has 21 heavy (non-hydrogen) atoms. The molecule has 108 valence electrons. The summed E-state index contributed by atoms with van der Waals surface area (Å²) >= 11 is 5.81. The van der Waals surface area contributed by atoms with Gasteiger partial charge in [0.25, 0.3) is 5.91 Å². The third kappa shape index (κ3) is 3.11. The average Bonchev–Trinajstić information content (AvgIpc) is 2.88. The molecular formula is C14H11ClN2O4. The Balaban J connectivity index is 2.29. The van der Waals surface area contributed by atoms with Gasteiger partial charge in [-0.3, -0.25) is 9.59 Å². The van der Waals surface area contributed by atoms with E-state index in [-0.39, 0.29) is 27.8 Å². The van der Waals surface area contributed by atoms with Crippen LogP contribution in [0, 0.1) is 0 Å². The molecule has 0 radical (unpaired) electrons. The van der Waals surface area contributed by atoms with Crippen molar-refractivity contribution in [3.8, 4) is 0 Å². The molecule has 0 aliphatic rings. The van der Waals surface area contributed by atoms with Crippen LogP contribution in [0.4, 0.5) is 5.69 Å². The van der Waals surface area contributed by atoms with E-state index in [0.29, 0.717) is 5.56 Å². The number of halogens is 1. The molecule has 1 aromatic heterocycles. The number of carbonyl (C=O) groups is 3. The maximum Gasteiger partial charge on any atom is 0.339 e. The highest BCUT2D eigenvalue weighted by Gasteiger charge is 2.18. The van der Waals surface area contributed by atoms with Gasteiger partial charge in [0.1, 0.15) is 11.3 Å². The Hall–Kier alpha value is -2.60. The van der Waals surface area contributed by atoms with Gasteiger partial charge in [-0.2, -0.15) is 0 Å². The Morgan fingerprint density at radius 3 is 2.57 bits per heavy atom. The number of nitrogens with one attached hydrogen (secondary N) is 2. The SMILES string of the molecule is CC(=O)c1c[nH]c(C(=O)Nc2cccc(Cl)c2C(=O)O)c1. The molecule has 0 aliphatic heterocycles. The summed E-state index contributed by atoms with van der Waals surface area (Å²) < 4.78 is 0. The normalized spacial score (nSPS) is 10.2. The van der Waals surface area contributed by atoms with E-state index in [1.165, 1.54) is 37.4 Å². The van der Waals surface area contributed by atoms with Crippen molar-refractivity contribution in [2.75, 3.05) is 5.32 Å². The van der Waals surface area contributed by atoms with Crippen LogP contribution in [-0.4, -0.2) is 27.8 Å². The van der Waals surface area contributed by atoms with Gasteiger partial charge < -0.3 is 15.4 Å². The van der Waals surface area contributed by atoms with Crippen LogP contribution in [0.25, 0.3) is 0 Å². The minimum Gasteiger partial charge on any atom is -0.478 e. The molecule has 0 bridgehead atoms. The summed E-state index contributed by atoms with van der Waals surface area (Å²) in [4.78, 5) is 37.1. The first-order valence-corrected chi connectivity index (χ1v) is 6.30. The number of amides is 1. The van der Waals surface area contributed by atoms with E-state index < -0.39 is 11.9 Å². The number of Topliss-reactive ketones (excluding diaryl/α,β-unsaturated/α-hetero) is 1. The standard InChI is InChI=1S/C14H11ClN2O4/c1-7(18)8-5-11(16-6-8)13(19)17-10-4-2-3-9(15)12(10)14(20)21/h2-6,16H,1H3,(H,17,19)(H,20,21). The molecule has 1 heterocycles. The molecule has 0 unspecified atom stereocenters. The van der Waals surface area contributed by atoms with Crippen LogP contribution in [0.15, 0.2) is 30.5 Å². The summed E-state index contributed by atoms with van der Waals surface area (Å²) in [6, 6.07) is 5.77. The van der Waals surface area contributed by atoms with Crippen LogP contribution < -0.4 is 5.32 Å². The quantitative estimate of drug-likeness (QED) is 0.756. The molecule has 7 heteroatoms. The predicted molar refractivity (Wildman–Crippen MR) is 77.2 cm³/mol. The number of carboxylic acids is 1. The average molecular weight is 307 g/mol. The van der Waals surface area contributed by atoms with Gasteiger partial charge in [-0.25, -0.2) is 4.79 Å². The monoisotopic (exact) mass is 306 g/mol. The number of carboxylic acid groups (broad SMARTS) is 1. The Bertz CT molecular complexity index is 736. The lowest BCUT2D eigenvalue weighted by Crippen LogP contribution is -2.15. The second kappa shape index (κ2) is 5.80. The lowest BCUT2D eigenvalue weighted by atomic mass is 10.1. The lowest BCUT2D eigenvalue weighted by Gasteiger charge is -2.08. The zero-order valence-electron chi connectivity index (χ0n) is 10.9. The maximum absolute atomic E-state index is 12.0. The fraction of sp³-hybridized carbons (Fsp3) is 0.0714. The summed E-state index contributed by atoms with van der Waals surface area (Å²) in [6.07, 6.45) is 1.41. The number of hydrogen-bond donors (Lipinski definition) is 3. The summed E-state index contributed by atoms with van der Waals surface area (Å²) in [5, 5.41) is 11.6. The van der Waals surface area contributed by atoms with Gasteiger partial charge in [0.2, 0.25) is 0 Å². The number of carbonyl (C=O) groups excluding carboxylic acids is 2. The van der Waals surface area contributed by atoms with Crippen molar-refractivity contribution in [3.63, 3.8) is 0 Å². The number of anilines is 1. The summed E-state index contributed by atoms with van der Waals surface area (Å²) in [6.45, 7) is 1.38. The second-order valence-electron chi connectivity index (χ2n) is 4.28. The number of benzene rings is 1. The molecule has 1 aromatic carbocycles. The number of H-pyrrole nitrogens is 1. The Morgan fingerprint density at radius 2 is 2.00 bits per heavy atom. The number of aromatic amines is 1. The molecule has 0 saturated carbocycles. The zero-order chi connectivity index (χ0) is 15.6. The first kappa shape index (κ1) is 14.8. The van der Waals surface area contributed by atoms with Crippen LogP contribution in [0.3, 0.4) is 0 Å². The highest BCUT2D eigenvalue weighted by Crippen LogP contribution is 2.24. The molecular weight excluding hydrogens is 296 g/mol. The van der Waals surface area contributed by atoms with Crippen LogP contribution >= 0.6 is 11.6 Å². The van der Waals surface area contributed by atoms with E-state index >= 15 is 0 Å². The fourth-order valence-electron chi connectivity index (χ4n) is 1.76. The molecule has 0 fully saturated rings. The second-order valence-corrected chi connectivity index (χ2v) is 4.69. The molecule has 2 aromatic rings. The third-order valence-corrected chi connectivity index (χ3v) is 3.12. The molecule has 2 rings (SSSR count). The summed E-state index contributed by atoms with van der Waals surface area (Å²) in [7, 11) is 0. The maximum atomic E-state index is 12.0. The number of aromatic nitrogens is 1. The van der Waals surface area contributed by atoms with Crippen LogP contribution in [0.5, 0.6) is 0 Å². The smallest absolute Gasteiger partial charge is 0.339 e. The van der Waals surface area contributed by atoms with Crippen LogP contribution in [0.2, 0.25) is 5.02 Å². The molecule has 6 nitrogen and oxygen atoms in total. The van der Waals surface area contributed by atoms with Crippen molar-refractivity contribution in [3.05, 3.63) is 52.3 Å². The van der Waals surface area contributed by atoms with Gasteiger partial charge in [-0.15, -0.1) is 0 Å². The zero-order valence-corrected chi connectivity index (χ0v) is 11.7. The van der Waals surface area contributed by atoms with Crippen LogP contribution in [-0.2, 0) is 0 Å². The topological polar surface area (TPSA) is 99.3 Å². The van der Waals surface area contributed by atoms with Crippen LogP contribution in [0.1, 0.15) is 38.1 Å². The minimum absolute atomic E-state index is 0.0243. The van der Waals surface area contributed by atoms with Gasteiger partial charge in [-0.05, 0) is 25.1 Å². The van der Waals surface area contributed by atoms with Crippen molar-refractivity contribution >= 4 is 34.9 Å². The molecule has 1 amide bonds. The number of ketones is 1. The van der Waals surface area contributed by atoms with Crippen molar-refractivity contribution in [2.45, 2.75) is 6.92 Å². The van der Waals surface area contributed by atoms with Gasteiger partial charge in [0, 0.05) is 11.8 Å². The Labute approximate surface area is 124 Å². The van der Waals surface area contributed by atoms with Gasteiger partial charge in [-0.1, -0.05) is 17.7 Å². The van der Waals surface area contributed by atoms with Gasteiger partial charge >= 0.3 is 5.97 Å². The highest BCUT2D eigenvalue weighted by molar-refractivity contribution is 6.34. The molecule has 0 saturated heterocycles. The predicted octanol–water partition coefficient (Wildman–Crippen LogP) is 2.82. The molecule has 0 atom stereocenters. The van der Waals surface area contributed by atoms with Crippen molar-refractivity contribution in [1.82, 2.24) is 4.98 Å². The van der Waals surface area contributed by atoms with Gasteiger partial charge in [0.05, 0.1) is 10.7 Å². The van der Waals surface area contributed by atoms with E-state index in [2.05, 4.69) is 10.3 Å². The van der Waals surface area contributed by atoms with Gasteiger partial charge in [0.15, 0.2) is 5.78 Å². The number of aromatic carboxylic acids is 1. The Morgan fingerprint density at radius 1 is 1.29 bits per heavy atom. The fourth-order valence-corrected chi connectivity index (χ4v) is 2.02. The molecule has 0 spiro atoms. The van der Waals surface area contributed by atoms with E-state index in [1.807, 2.05) is 0 Å². The van der Waals surface area contributed by atoms with E-state index in [0.717, 1.165) is 0 Å². The Kier molecular flexibility index (Phi) is 4.09. The first-order chi connectivity index (χ1) is 9.90. The largest absolute Gasteiger partial charge is 0.478 e. The van der Waals surface area contributed by atoms with E-state index in [4.69, 9.17) is 16.7 Å². The highest BCUT2D eigenvalue weighted by atomic mass is 35.5. The third-order valence-electron chi connectivity index (χ3n) is 2.81. The van der Waals surface area contributed by atoms with Crippen molar-refractivity contribution in [2.24, 2.45) is 0 Å². The molecule has 0 aliphatic carbocycles.